The van der Waals surface area contributed by atoms with E-state index in [1.165, 1.54) is 50.3 Å². The van der Waals surface area contributed by atoms with Gasteiger partial charge in [-0.3, -0.25) is 48.3 Å². The second-order valence-electron chi connectivity index (χ2n) is 24.0. The Bertz CT molecular complexity index is 3800. The van der Waals surface area contributed by atoms with E-state index in [0.717, 1.165) is 87.4 Å². The van der Waals surface area contributed by atoms with Crippen LogP contribution in [-0.2, 0) is 35.8 Å². The van der Waals surface area contributed by atoms with Crippen LogP contribution in [0.25, 0.3) is 0 Å². The minimum Gasteiger partial charge on any atom is -0.474 e. The van der Waals surface area contributed by atoms with Gasteiger partial charge in [-0.25, -0.2) is 17.6 Å². The van der Waals surface area contributed by atoms with E-state index < -0.39 is 10.1 Å². The van der Waals surface area contributed by atoms with Crippen molar-refractivity contribution in [1.82, 2.24) is 39.5 Å². The number of nitrogens with zero attached hydrogens (tertiary/aromatic N) is 4. The van der Waals surface area contributed by atoms with Gasteiger partial charge in [0, 0.05) is 75.5 Å². The average molecular weight is 1320 g/mol. The van der Waals surface area contributed by atoms with E-state index >= 15 is 0 Å². The van der Waals surface area contributed by atoms with Gasteiger partial charge < -0.3 is 9.84 Å². The van der Waals surface area contributed by atoms with Crippen molar-refractivity contribution in [3.05, 3.63) is 217 Å². The summed E-state index contributed by atoms with van der Waals surface area (Å²) in [5.41, 5.74) is 12.9. The van der Waals surface area contributed by atoms with Crippen molar-refractivity contribution in [3.8, 4) is 5.88 Å². The van der Waals surface area contributed by atoms with Crippen molar-refractivity contribution in [2.45, 2.75) is 203 Å². The minimum atomic E-state index is -3.67. The van der Waals surface area contributed by atoms with Crippen molar-refractivity contribution in [3.63, 3.8) is 0 Å². The topological polar surface area (TPSA) is 206 Å². The van der Waals surface area contributed by atoms with Gasteiger partial charge in [0.05, 0.1) is 30.5 Å². The third-order valence-corrected chi connectivity index (χ3v) is 16.0. The van der Waals surface area contributed by atoms with Crippen LogP contribution in [0.1, 0.15) is 201 Å². The summed E-state index contributed by atoms with van der Waals surface area (Å²) in [5, 5.41) is 15.8. The van der Waals surface area contributed by atoms with E-state index in [1.807, 2.05) is 74.3 Å². The van der Waals surface area contributed by atoms with Crippen molar-refractivity contribution in [2.24, 2.45) is 0 Å². The van der Waals surface area contributed by atoms with Gasteiger partial charge in [-0.2, -0.15) is 8.42 Å². The van der Waals surface area contributed by atoms with Crippen LogP contribution in [0, 0.1) is 78.7 Å². The van der Waals surface area contributed by atoms with E-state index in [2.05, 4.69) is 61.8 Å². The van der Waals surface area contributed by atoms with E-state index in [9.17, 15) is 40.4 Å². The lowest BCUT2D eigenvalue weighted by Gasteiger charge is -2.27. The molecule has 0 aliphatic heterocycles. The van der Waals surface area contributed by atoms with Crippen LogP contribution in [0.15, 0.2) is 87.2 Å². The zero-order chi connectivity index (χ0) is 64.9. The zero-order valence-electron chi connectivity index (χ0n) is 53.0. The number of hydrogen-bond donors (Lipinski definition) is 5. The summed E-state index contributed by atoms with van der Waals surface area (Å²) < 4.78 is 92.2. The third-order valence-electron chi connectivity index (χ3n) is 16.0. The van der Waals surface area contributed by atoms with Crippen LogP contribution < -0.4 is 21.4 Å². The summed E-state index contributed by atoms with van der Waals surface area (Å²) in [4.78, 5) is 36.2. The first kappa shape index (κ1) is 72.8. The first-order valence-electron chi connectivity index (χ1n) is 30.1. The molecule has 3 aliphatic carbocycles. The van der Waals surface area contributed by atoms with Crippen LogP contribution in [0.3, 0.4) is 0 Å². The Morgan fingerprint density at radius 1 is 0.539 bits per heavy atom. The van der Waals surface area contributed by atoms with Crippen LogP contribution in [0.5, 0.6) is 5.88 Å². The Morgan fingerprint density at radius 2 is 0.854 bits per heavy atom. The van der Waals surface area contributed by atoms with Gasteiger partial charge in [-0.1, -0.05) is 85.7 Å². The summed E-state index contributed by atoms with van der Waals surface area (Å²) >= 11 is 3.27. The molecule has 0 saturated heterocycles. The molecular formula is C68H91BrF4N8O7S. The number of aryl methyl sites for hydroxylation is 5. The van der Waals surface area contributed by atoms with Crippen molar-refractivity contribution in [2.75, 3.05) is 6.26 Å². The van der Waals surface area contributed by atoms with Gasteiger partial charge in [-0.05, 0) is 196 Å². The Kier molecular flexibility index (Phi) is 26.7. The van der Waals surface area contributed by atoms with Crippen LogP contribution in [0.2, 0.25) is 0 Å². The molecule has 4 heterocycles. The number of aromatic nitrogens is 8. The van der Waals surface area contributed by atoms with Crippen LogP contribution >= 0.6 is 15.9 Å². The number of hydrogen-bond acceptors (Lipinski definition) is 7. The Balaban J connectivity index is 0.000000207. The molecule has 4 aromatic heterocycles. The second-order valence-corrected chi connectivity index (χ2v) is 27.3. The number of rotatable bonds is 13. The third kappa shape index (κ3) is 20.8. The fraction of sp³-hybridized carbons (Fsp3) is 0.471. The highest BCUT2D eigenvalue weighted by Gasteiger charge is 2.28. The molecule has 89 heavy (non-hydrogen) atoms. The molecule has 0 unspecified atom stereocenters. The van der Waals surface area contributed by atoms with E-state index in [4.69, 9.17) is 14.4 Å². The predicted molar refractivity (Wildman–Crippen MR) is 351 cm³/mol. The second kappa shape index (κ2) is 32.7. The molecule has 0 bridgehead atoms. The summed E-state index contributed by atoms with van der Waals surface area (Å²) in [6.07, 6.45) is 13.5. The highest BCUT2D eigenvalue weighted by molar-refractivity contribution is 9.09. The molecule has 3 fully saturated rings. The Morgan fingerprint density at radius 3 is 1.12 bits per heavy atom. The molecule has 8 aromatic rings. The van der Waals surface area contributed by atoms with Crippen LogP contribution in [0.4, 0.5) is 17.6 Å². The predicted octanol–water partition coefficient (Wildman–Crippen LogP) is 15.2. The van der Waals surface area contributed by atoms with E-state index in [-0.39, 0.29) is 53.5 Å². The summed E-state index contributed by atoms with van der Waals surface area (Å²) in [6.45, 7) is 23.0. The van der Waals surface area contributed by atoms with Gasteiger partial charge in [0.15, 0.2) is 0 Å². The van der Waals surface area contributed by atoms with Crippen LogP contribution in [-0.4, -0.2) is 69.7 Å². The van der Waals surface area contributed by atoms with E-state index in [1.54, 1.807) is 52.0 Å². The maximum Gasteiger partial charge on any atom is 0.267 e. The Hall–Kier alpha value is -6.97. The van der Waals surface area contributed by atoms with Gasteiger partial charge in [0.25, 0.3) is 26.8 Å². The number of nitrogens with one attached hydrogen (secondary N) is 4. The first-order valence-corrected chi connectivity index (χ1v) is 32.8. The number of alkyl halides is 1. The zero-order valence-corrected chi connectivity index (χ0v) is 55.4. The number of benzene rings is 4. The molecule has 0 amide bonds. The van der Waals surface area contributed by atoms with Gasteiger partial charge in [-0.15, -0.1) is 5.10 Å². The maximum atomic E-state index is 13.8. The molecule has 0 atom stereocenters. The SMILES string of the molecule is C.CC(C)Br.CS(=O)(=O)O.Cc1ccc(Cc2c(C)[nH][nH]c2=O)cc1F.Cc1ccc(Cc2c(C)n(C3CCC3)[nH]c2=O)cc1F.Cc1ccc(Cc2c(C)n(C3CCC3)[nH]c2=O)cc1F.Cc1ccc(Cc2c(OC(C)C)nn(C3CCC3)c2C)cc1F. The normalized spacial score (nSPS) is 13.8. The van der Waals surface area contributed by atoms with Gasteiger partial charge >= 0.3 is 0 Å². The highest BCUT2D eigenvalue weighted by Crippen LogP contribution is 2.37. The van der Waals surface area contributed by atoms with Crippen molar-refractivity contribution >= 4 is 26.0 Å². The molecule has 4 aromatic carbocycles. The monoisotopic (exact) mass is 1320 g/mol. The average Bonchev–Trinajstić information content (AvgIpc) is 2.35. The smallest absolute Gasteiger partial charge is 0.267 e. The number of halogens is 5. The highest BCUT2D eigenvalue weighted by atomic mass is 79.9. The van der Waals surface area contributed by atoms with Gasteiger partial charge in [0.1, 0.15) is 23.3 Å². The molecule has 3 aliphatic rings. The molecule has 21 heteroatoms. The van der Waals surface area contributed by atoms with Crippen molar-refractivity contribution < 1.29 is 35.3 Å². The lowest BCUT2D eigenvalue weighted by molar-refractivity contribution is 0.219. The molecular weight excluding hydrogens is 1230 g/mol. The molecule has 3 saturated carbocycles. The largest absolute Gasteiger partial charge is 0.474 e. The van der Waals surface area contributed by atoms with E-state index in [0.29, 0.717) is 88.6 Å². The molecule has 486 valence electrons. The molecule has 5 N–H and O–H groups in total. The molecule has 0 radical (unpaired) electrons. The quantitative estimate of drug-likeness (QED) is 0.0425. The standard InChI is InChI=1S/C19H25FN2O.2C16H19FN2O.C12H13FN2O.C3H7Br.CH4O3S.CH4/c1-12(2)23-19-17(10-15-9-8-13(3)18(20)11-15)14(4)22(21-19)16-6-5-7-16;2*1-10-6-7-12(9-15(10)17)8-14-11(2)19(18-16(14)20)13-4-3-5-13;1-7-3-4-9(6-11(7)13)5-10-8(2)14-15-12(10)16;1-3(2)4;1-5(2,3)4;/h8-9,11-12,16H,5-7,10H2,1-4H3;2*6-7,9,13H,3-5,8H2,1-2H3,(H,18,20);3-4,6H,5H2,1-2H3,(H2,14,15,16);3H,1-2H3;1H3,(H,2,3,4);1H4. The fourth-order valence-electron chi connectivity index (χ4n) is 10.1. The molecule has 0 spiro atoms. The summed E-state index contributed by atoms with van der Waals surface area (Å²) in [5.74, 6) is -0.115. The maximum absolute atomic E-state index is 13.8. The molecule has 11 rings (SSSR count). The Labute approximate surface area is 530 Å². The lowest BCUT2D eigenvalue weighted by Crippen LogP contribution is -2.20. The number of H-pyrrole nitrogens is 4. The lowest BCUT2D eigenvalue weighted by atomic mass is 9.93. The van der Waals surface area contributed by atoms with Gasteiger partial charge in [0.2, 0.25) is 5.88 Å². The van der Waals surface area contributed by atoms with Crippen molar-refractivity contribution in [1.29, 1.82) is 0 Å². The fourth-order valence-corrected chi connectivity index (χ4v) is 10.1. The first-order chi connectivity index (χ1) is 41.4. The minimum absolute atomic E-state index is 0. The number of ether oxygens (including phenoxy) is 1. The molecule has 15 nitrogen and oxygen atoms in total. The summed E-state index contributed by atoms with van der Waals surface area (Å²) in [7, 11) is -3.67. The number of aromatic amines is 4. The summed E-state index contributed by atoms with van der Waals surface area (Å²) in [6, 6.07) is 22.2.